The predicted octanol–water partition coefficient (Wildman–Crippen LogP) is -3.90. The number of carbonyl (C=O) groups is 1. The summed E-state index contributed by atoms with van der Waals surface area (Å²) in [5, 5.41) is 91.7. The summed E-state index contributed by atoms with van der Waals surface area (Å²) >= 11 is 0. The zero-order valence-electron chi connectivity index (χ0n) is 40.8. The Bertz CT molecular complexity index is 1670. The van der Waals surface area contributed by atoms with Gasteiger partial charge in [0.2, 0.25) is 5.91 Å². The van der Waals surface area contributed by atoms with Crippen LogP contribution in [0.3, 0.4) is 0 Å². The molecule has 3 aliphatic rings. The first-order valence-electron chi connectivity index (χ1n) is 22.8. The molecule has 35 heteroatoms. The molecule has 32 nitrogen and oxygen atoms in total. The van der Waals surface area contributed by atoms with E-state index in [9.17, 15) is 79.1 Å². The van der Waals surface area contributed by atoms with E-state index in [-0.39, 0.29) is 13.2 Å². The van der Waals surface area contributed by atoms with E-state index in [4.69, 9.17) is 69.8 Å². The fourth-order valence-electron chi connectivity index (χ4n) is 7.17. The third-order valence-corrected chi connectivity index (χ3v) is 14.6. The lowest BCUT2D eigenvalue weighted by molar-refractivity contribution is -0.283. The molecule has 13 N–H and O–H groups in total. The van der Waals surface area contributed by atoms with Crippen molar-refractivity contribution in [3.05, 3.63) is 0 Å². The summed E-state index contributed by atoms with van der Waals surface area (Å²) in [4.78, 5) is 42.5. The molecular formula is C38H74NO31P3. The number of nitrogens with one attached hydrogen (secondary N) is 1. The van der Waals surface area contributed by atoms with Gasteiger partial charge >= 0.3 is 23.5 Å². The first kappa shape index (κ1) is 66.4. The van der Waals surface area contributed by atoms with Crippen molar-refractivity contribution in [2.45, 2.75) is 114 Å². The minimum atomic E-state index is -4.89. The van der Waals surface area contributed by atoms with E-state index in [0.29, 0.717) is 0 Å². The quantitative estimate of drug-likeness (QED) is 0.0164. The van der Waals surface area contributed by atoms with Crippen LogP contribution in [0.25, 0.3) is 0 Å². The van der Waals surface area contributed by atoms with Gasteiger partial charge in [-0.1, -0.05) is 27.7 Å². The summed E-state index contributed by atoms with van der Waals surface area (Å²) in [6, 6.07) is -1.29. The average molecular weight is 1130 g/mol. The third-order valence-electron chi connectivity index (χ3n) is 11.8. The van der Waals surface area contributed by atoms with Gasteiger partial charge in [0.05, 0.1) is 91.5 Å². The monoisotopic (exact) mass is 1130 g/mol. The Hall–Kier alpha value is -0.920. The van der Waals surface area contributed by atoms with Crippen LogP contribution in [0.15, 0.2) is 0 Å². The smallest absolute Gasteiger partial charge is 0.394 e. The molecule has 3 fully saturated rings. The molecule has 432 valence electrons. The van der Waals surface area contributed by atoms with Crippen LogP contribution in [0.4, 0.5) is 0 Å². The van der Waals surface area contributed by atoms with Crippen molar-refractivity contribution >= 4 is 29.4 Å². The lowest BCUT2D eigenvalue weighted by Gasteiger charge is -2.42. The second-order valence-electron chi connectivity index (χ2n) is 17.4. The molecule has 0 saturated carbocycles. The number of hydrogen-bond acceptors (Lipinski definition) is 28. The van der Waals surface area contributed by atoms with Crippen LogP contribution in [-0.4, -0.2) is 246 Å². The van der Waals surface area contributed by atoms with Gasteiger partial charge in [0.15, 0.2) is 39.2 Å². The molecule has 0 aliphatic carbocycles. The van der Waals surface area contributed by atoms with Crippen molar-refractivity contribution in [1.82, 2.24) is 5.32 Å². The molecule has 18 atom stereocenters. The summed E-state index contributed by atoms with van der Waals surface area (Å²) in [5.41, 5.74) is -1.33. The first-order valence-corrected chi connectivity index (χ1v) is 27.3. The van der Waals surface area contributed by atoms with Gasteiger partial charge in [-0.2, -0.15) is 0 Å². The zero-order chi connectivity index (χ0) is 54.7. The lowest BCUT2D eigenvalue weighted by atomic mass is 9.79. The SMILES string of the molecule is CC(=O)N[C@H]1C(O)[C@@H](O)C(CO)O[C@H]1OCCOP(=O)(O)OCOCC(COCOP(=O)(O)OCCO[C@@H]1OC(CO)[C@H](O)C(O)[C@@H]1C)(COCOP(=O)(O)OCCO[C@@H]1OC(CO)[C@H](O)C(O)[C@@H]1C)C(C)C. The van der Waals surface area contributed by atoms with Crippen molar-refractivity contribution in [1.29, 1.82) is 0 Å². The Morgan fingerprint density at radius 2 is 0.836 bits per heavy atom. The van der Waals surface area contributed by atoms with Crippen LogP contribution in [-0.2, 0) is 88.3 Å². The highest BCUT2D eigenvalue weighted by molar-refractivity contribution is 7.47. The molecule has 0 aromatic rings. The number of phosphoric ester groups is 3. The van der Waals surface area contributed by atoms with Crippen molar-refractivity contribution < 1.29 is 149 Å². The molecular weight excluding hydrogens is 1060 g/mol. The van der Waals surface area contributed by atoms with E-state index >= 15 is 0 Å². The summed E-state index contributed by atoms with van der Waals surface area (Å²) in [5.74, 6) is -2.62. The minimum absolute atomic E-state index is 0.352. The number of phosphoric acid groups is 3. The Labute approximate surface area is 420 Å². The van der Waals surface area contributed by atoms with Crippen molar-refractivity contribution in [3.63, 3.8) is 0 Å². The van der Waals surface area contributed by atoms with E-state index < -0.39 is 219 Å². The van der Waals surface area contributed by atoms with E-state index in [1.54, 1.807) is 13.8 Å². The van der Waals surface area contributed by atoms with Gasteiger partial charge in [-0.25, -0.2) is 13.7 Å². The van der Waals surface area contributed by atoms with Gasteiger partial charge in [-0.05, 0) is 5.92 Å². The predicted molar refractivity (Wildman–Crippen MR) is 237 cm³/mol. The standard InChI is InChI=1S/C38H74NO31P3/c1-21(2)38(15-56-18-65-71(50,51)62-9-6-59-35-22(3)29(44)31(46)25(12-40)68-35,16-57-19-66-72(52,53)63-10-7-60-36-23(4)30(45)32(47)26(13-41)69-36)17-58-20-67-73(54,55)64-11-8-61-37-28(39-24(5)43)34(49)33(48)27(14-42)70-37/h21-23,25-37,40-42,44-49H,6-20H2,1-5H3,(H,39,43)(H,50,51)(H,52,53)(H,54,55)/t22-,23-,25?,26?,27?,28-,29?,30?,31-,32-,33-,34?,35+,36+,37+,38?/m0/s1. The molecule has 73 heavy (non-hydrogen) atoms. The van der Waals surface area contributed by atoms with E-state index in [1.165, 1.54) is 13.8 Å². The highest BCUT2D eigenvalue weighted by atomic mass is 31.2. The maximum Gasteiger partial charge on any atom is 0.474 e. The van der Waals surface area contributed by atoms with Gasteiger partial charge in [0.1, 0.15) is 48.8 Å². The summed E-state index contributed by atoms with van der Waals surface area (Å²) in [7, 11) is -14.5. The maximum atomic E-state index is 12.7. The molecule has 0 spiro atoms. The lowest BCUT2D eigenvalue weighted by Crippen LogP contribution is -2.64. The van der Waals surface area contributed by atoms with Crippen LogP contribution in [0.1, 0.15) is 34.6 Å². The molecule has 1 amide bonds. The Morgan fingerprint density at radius 1 is 0.521 bits per heavy atom. The molecule has 0 aromatic heterocycles. The number of aliphatic hydroxyl groups excluding tert-OH is 9. The number of amides is 1. The molecule has 3 rings (SSSR count). The summed E-state index contributed by atoms with van der Waals surface area (Å²) < 4.78 is 117. The normalized spacial score (nSPS) is 34.4. The Morgan fingerprint density at radius 3 is 1.15 bits per heavy atom. The number of rotatable bonds is 35. The van der Waals surface area contributed by atoms with Gasteiger partial charge in [0, 0.05) is 24.2 Å². The molecule has 0 bridgehead atoms. The molecule has 0 aromatic carbocycles. The van der Waals surface area contributed by atoms with Gasteiger partial charge < -0.3 is 109 Å². The van der Waals surface area contributed by atoms with Crippen LogP contribution >= 0.6 is 23.5 Å². The topological polar surface area (TPSA) is 462 Å². The van der Waals surface area contributed by atoms with Gasteiger partial charge in [-0.15, -0.1) is 0 Å². The van der Waals surface area contributed by atoms with Crippen molar-refractivity contribution in [2.75, 3.05) is 99.7 Å². The second kappa shape index (κ2) is 31.6. The van der Waals surface area contributed by atoms with Crippen LogP contribution in [0, 0.1) is 23.2 Å². The molecule has 9 unspecified atom stereocenters. The highest BCUT2D eigenvalue weighted by Crippen LogP contribution is 2.45. The molecule has 3 saturated heterocycles. The number of ether oxygens (including phenoxy) is 9. The van der Waals surface area contributed by atoms with E-state index in [0.717, 1.165) is 6.92 Å². The minimum Gasteiger partial charge on any atom is -0.394 e. The summed E-state index contributed by atoms with van der Waals surface area (Å²) in [6.45, 7) is -1.28. The third kappa shape index (κ3) is 21.3. The van der Waals surface area contributed by atoms with E-state index in [1.807, 2.05) is 0 Å². The maximum absolute atomic E-state index is 12.7. The number of carbonyl (C=O) groups excluding carboxylic acids is 1. The zero-order valence-corrected chi connectivity index (χ0v) is 43.5. The Kier molecular flexibility index (Phi) is 28.7. The molecule has 0 radical (unpaired) electrons. The highest BCUT2D eigenvalue weighted by Gasteiger charge is 2.47. The molecule has 3 aliphatic heterocycles. The number of aliphatic hydroxyl groups is 9. The fraction of sp³-hybridized carbons (Fsp3) is 0.974. The largest absolute Gasteiger partial charge is 0.474 e. The van der Waals surface area contributed by atoms with E-state index in [2.05, 4.69) is 5.32 Å². The van der Waals surface area contributed by atoms with Gasteiger partial charge in [-0.3, -0.25) is 31.9 Å². The van der Waals surface area contributed by atoms with Gasteiger partial charge in [0.25, 0.3) is 0 Å². The average Bonchev–Trinajstić information content (AvgIpc) is 3.33. The number of hydrogen-bond donors (Lipinski definition) is 13. The van der Waals surface area contributed by atoms with Crippen LogP contribution < -0.4 is 5.32 Å². The van der Waals surface area contributed by atoms with Crippen molar-refractivity contribution in [3.8, 4) is 0 Å². The molecule has 3 heterocycles. The second-order valence-corrected chi connectivity index (χ2v) is 21.7. The fourth-order valence-corrected chi connectivity index (χ4v) is 8.93. The Balaban J connectivity index is 1.55. The van der Waals surface area contributed by atoms with Crippen molar-refractivity contribution in [2.24, 2.45) is 23.2 Å². The first-order chi connectivity index (χ1) is 34.2. The van der Waals surface area contributed by atoms with Crippen LogP contribution in [0.5, 0.6) is 0 Å². The summed E-state index contributed by atoms with van der Waals surface area (Å²) in [6.07, 6.45) is -15.7. The van der Waals surface area contributed by atoms with Crippen LogP contribution in [0.2, 0.25) is 0 Å².